The minimum atomic E-state index is -3.65. The lowest BCUT2D eigenvalue weighted by molar-refractivity contribution is 0.0932. The number of amides is 1. The Morgan fingerprint density at radius 2 is 1.89 bits per heavy atom. The molecule has 1 aliphatic carbocycles. The maximum Gasteiger partial charge on any atom is 0.251 e. The molecule has 0 saturated heterocycles. The molecule has 6 nitrogen and oxygen atoms in total. The average Bonchev–Trinajstić information content (AvgIpc) is 2.68. The number of nitrogens with one attached hydrogen (secondary N) is 2. The molecule has 2 aromatic rings. The largest absolute Gasteiger partial charge is 0.383 e. The summed E-state index contributed by atoms with van der Waals surface area (Å²) in [4.78, 5) is 12.8. The SMILES string of the molecule is COC[C@H](C)NS(=O)(=O)c1ccc(C(=O)N[C@@H]2CCCc3ccccc32)cc1. The Hall–Kier alpha value is -2.22. The number of sulfonamides is 1. The van der Waals surface area contributed by atoms with E-state index >= 15 is 0 Å². The second-order valence-corrected chi connectivity index (χ2v) is 8.83. The highest BCUT2D eigenvalue weighted by Crippen LogP contribution is 2.29. The number of hydrogen-bond acceptors (Lipinski definition) is 4. The van der Waals surface area contributed by atoms with Crippen LogP contribution in [0.25, 0.3) is 0 Å². The first-order valence-electron chi connectivity index (χ1n) is 9.40. The molecule has 0 saturated carbocycles. The van der Waals surface area contributed by atoms with E-state index in [0.717, 1.165) is 24.8 Å². The molecule has 3 rings (SSSR count). The van der Waals surface area contributed by atoms with E-state index in [0.29, 0.717) is 5.56 Å². The molecule has 1 aliphatic rings. The summed E-state index contributed by atoms with van der Waals surface area (Å²) >= 11 is 0. The molecule has 1 amide bonds. The molecule has 150 valence electrons. The molecule has 0 bridgehead atoms. The molecular weight excluding hydrogens is 376 g/mol. The Morgan fingerprint density at radius 3 is 2.61 bits per heavy atom. The van der Waals surface area contributed by atoms with E-state index in [1.165, 1.54) is 24.8 Å². The Morgan fingerprint density at radius 1 is 1.18 bits per heavy atom. The molecule has 0 radical (unpaired) electrons. The molecular formula is C21H26N2O4S. The summed E-state index contributed by atoms with van der Waals surface area (Å²) in [5, 5.41) is 3.08. The molecule has 0 spiro atoms. The normalized spacial score (nSPS) is 17.6. The minimum Gasteiger partial charge on any atom is -0.383 e. The van der Waals surface area contributed by atoms with Crippen LogP contribution in [0.4, 0.5) is 0 Å². The number of carbonyl (C=O) groups excluding carboxylic acids is 1. The standard InChI is InChI=1S/C21H26N2O4S/c1-15(14-27-2)23-28(25,26)18-12-10-17(11-13-18)21(24)22-20-9-5-7-16-6-3-4-8-19(16)20/h3-4,6,8,10-13,15,20,23H,5,7,9,14H2,1-2H3,(H,22,24)/t15-,20+/m0/s1. The van der Waals surface area contributed by atoms with Gasteiger partial charge in [0.25, 0.3) is 5.91 Å². The summed E-state index contributed by atoms with van der Waals surface area (Å²) in [6, 6.07) is 13.8. The van der Waals surface area contributed by atoms with Gasteiger partial charge in [-0.15, -0.1) is 0 Å². The van der Waals surface area contributed by atoms with Gasteiger partial charge in [0.15, 0.2) is 0 Å². The summed E-state index contributed by atoms with van der Waals surface area (Å²) in [5.41, 5.74) is 2.88. The first-order valence-corrected chi connectivity index (χ1v) is 10.9. The molecule has 0 unspecified atom stereocenters. The molecule has 28 heavy (non-hydrogen) atoms. The highest BCUT2D eigenvalue weighted by atomic mass is 32.2. The van der Waals surface area contributed by atoms with E-state index in [-0.39, 0.29) is 29.5 Å². The van der Waals surface area contributed by atoms with Gasteiger partial charge >= 0.3 is 0 Å². The predicted molar refractivity (Wildman–Crippen MR) is 108 cm³/mol. The van der Waals surface area contributed by atoms with Crippen molar-refractivity contribution >= 4 is 15.9 Å². The number of rotatable bonds is 7. The highest BCUT2D eigenvalue weighted by Gasteiger charge is 2.22. The summed E-state index contributed by atoms with van der Waals surface area (Å²) in [6.07, 6.45) is 2.96. The van der Waals surface area contributed by atoms with Crippen LogP contribution in [0.1, 0.15) is 47.3 Å². The van der Waals surface area contributed by atoms with Crippen molar-refractivity contribution in [3.05, 3.63) is 65.2 Å². The lowest BCUT2D eigenvalue weighted by Gasteiger charge is -2.26. The van der Waals surface area contributed by atoms with Crippen LogP contribution >= 0.6 is 0 Å². The van der Waals surface area contributed by atoms with Gasteiger partial charge in [-0.25, -0.2) is 13.1 Å². The molecule has 7 heteroatoms. The van der Waals surface area contributed by atoms with Crippen molar-refractivity contribution in [1.82, 2.24) is 10.0 Å². The average molecular weight is 403 g/mol. The van der Waals surface area contributed by atoms with Crippen molar-refractivity contribution in [1.29, 1.82) is 0 Å². The number of carbonyl (C=O) groups is 1. The smallest absolute Gasteiger partial charge is 0.251 e. The van der Waals surface area contributed by atoms with Crippen LogP contribution in [0.15, 0.2) is 53.4 Å². The van der Waals surface area contributed by atoms with Crippen LogP contribution in [0.5, 0.6) is 0 Å². The molecule has 2 N–H and O–H groups in total. The molecule has 0 heterocycles. The number of benzene rings is 2. The maximum atomic E-state index is 12.7. The van der Waals surface area contributed by atoms with Gasteiger partial charge in [0.1, 0.15) is 0 Å². The van der Waals surface area contributed by atoms with Gasteiger partial charge in [0.05, 0.1) is 17.5 Å². The van der Waals surface area contributed by atoms with Crippen molar-refractivity contribution in [2.45, 2.75) is 43.2 Å². The Kier molecular flexibility index (Phi) is 6.49. The van der Waals surface area contributed by atoms with Gasteiger partial charge in [-0.3, -0.25) is 4.79 Å². The van der Waals surface area contributed by atoms with Crippen molar-refractivity contribution in [3.8, 4) is 0 Å². The zero-order valence-corrected chi connectivity index (χ0v) is 17.0. The van der Waals surface area contributed by atoms with Crippen LogP contribution in [0.2, 0.25) is 0 Å². The minimum absolute atomic E-state index is 0.0163. The lowest BCUT2D eigenvalue weighted by Crippen LogP contribution is -2.35. The predicted octanol–water partition coefficient (Wildman–Crippen LogP) is 2.81. The van der Waals surface area contributed by atoms with Gasteiger partial charge in [-0.05, 0) is 61.6 Å². The lowest BCUT2D eigenvalue weighted by atomic mass is 9.87. The van der Waals surface area contributed by atoms with Gasteiger partial charge in [0, 0.05) is 18.7 Å². The molecule has 0 aromatic heterocycles. The van der Waals surface area contributed by atoms with E-state index in [4.69, 9.17) is 4.74 Å². The molecule has 2 atom stereocenters. The number of ether oxygens (including phenoxy) is 1. The van der Waals surface area contributed by atoms with Gasteiger partial charge in [0.2, 0.25) is 10.0 Å². The fourth-order valence-corrected chi connectivity index (χ4v) is 4.78. The van der Waals surface area contributed by atoms with Crippen molar-refractivity contribution in [3.63, 3.8) is 0 Å². The van der Waals surface area contributed by atoms with E-state index in [2.05, 4.69) is 22.2 Å². The Labute approximate surface area is 166 Å². The molecule has 0 fully saturated rings. The van der Waals surface area contributed by atoms with Crippen molar-refractivity contribution in [2.24, 2.45) is 0 Å². The third kappa shape index (κ3) is 4.79. The zero-order chi connectivity index (χ0) is 20.1. The Bertz CT molecular complexity index is 926. The fourth-order valence-electron chi connectivity index (χ4n) is 3.55. The second kappa shape index (κ2) is 8.86. The van der Waals surface area contributed by atoms with Crippen LogP contribution < -0.4 is 10.0 Å². The van der Waals surface area contributed by atoms with Crippen LogP contribution in [-0.2, 0) is 21.2 Å². The third-order valence-electron chi connectivity index (χ3n) is 4.87. The van der Waals surface area contributed by atoms with Crippen molar-refractivity contribution < 1.29 is 17.9 Å². The summed E-state index contributed by atoms with van der Waals surface area (Å²) in [6.45, 7) is 2.01. The van der Waals surface area contributed by atoms with Crippen molar-refractivity contribution in [2.75, 3.05) is 13.7 Å². The summed E-state index contributed by atoms with van der Waals surface area (Å²) in [5.74, 6) is -0.202. The molecule has 0 aliphatic heterocycles. The second-order valence-electron chi connectivity index (χ2n) is 7.12. The van der Waals surface area contributed by atoms with Gasteiger partial charge in [-0.1, -0.05) is 24.3 Å². The van der Waals surface area contributed by atoms with Crippen LogP contribution in [0.3, 0.4) is 0 Å². The fraction of sp³-hybridized carbons (Fsp3) is 0.381. The van der Waals surface area contributed by atoms with Crippen LogP contribution in [-0.4, -0.2) is 34.1 Å². The van der Waals surface area contributed by atoms with E-state index in [1.54, 1.807) is 19.1 Å². The van der Waals surface area contributed by atoms with Gasteiger partial charge < -0.3 is 10.1 Å². The maximum absolute atomic E-state index is 12.7. The van der Waals surface area contributed by atoms with E-state index < -0.39 is 10.0 Å². The van der Waals surface area contributed by atoms with E-state index in [9.17, 15) is 13.2 Å². The topological polar surface area (TPSA) is 84.5 Å². The molecule has 2 aromatic carbocycles. The monoisotopic (exact) mass is 402 g/mol. The van der Waals surface area contributed by atoms with Crippen LogP contribution in [0, 0.1) is 0 Å². The van der Waals surface area contributed by atoms with E-state index in [1.807, 2.05) is 12.1 Å². The number of aryl methyl sites for hydroxylation is 1. The zero-order valence-electron chi connectivity index (χ0n) is 16.1. The number of fused-ring (bicyclic) bond motifs is 1. The number of hydrogen-bond donors (Lipinski definition) is 2. The Balaban J connectivity index is 1.69. The third-order valence-corrected chi connectivity index (χ3v) is 6.48. The first kappa shape index (κ1) is 20.5. The highest BCUT2D eigenvalue weighted by molar-refractivity contribution is 7.89. The van der Waals surface area contributed by atoms with Gasteiger partial charge in [-0.2, -0.15) is 0 Å². The number of methoxy groups -OCH3 is 1. The quantitative estimate of drug-likeness (QED) is 0.746. The summed E-state index contributed by atoms with van der Waals surface area (Å²) in [7, 11) is -2.14. The summed E-state index contributed by atoms with van der Waals surface area (Å²) < 4.78 is 32.3. The first-order chi connectivity index (χ1) is 13.4.